The Morgan fingerprint density at radius 1 is 0.903 bits per heavy atom. The van der Waals surface area contributed by atoms with Gasteiger partial charge >= 0.3 is 5.97 Å². The number of anilines is 1. The van der Waals surface area contributed by atoms with E-state index in [-0.39, 0.29) is 18.1 Å². The Bertz CT molecular complexity index is 1200. The van der Waals surface area contributed by atoms with E-state index in [0.29, 0.717) is 28.6 Å². The molecule has 0 atom stereocenters. The summed E-state index contributed by atoms with van der Waals surface area (Å²) < 4.78 is 11.2. The van der Waals surface area contributed by atoms with Crippen LogP contribution >= 0.6 is 0 Å². The van der Waals surface area contributed by atoms with Crippen molar-refractivity contribution in [1.82, 2.24) is 4.98 Å². The first-order chi connectivity index (χ1) is 15.1. The molecule has 4 aromatic rings. The van der Waals surface area contributed by atoms with E-state index in [4.69, 9.17) is 9.15 Å². The van der Waals surface area contributed by atoms with Crippen molar-refractivity contribution in [2.45, 2.75) is 13.5 Å². The third-order valence-corrected chi connectivity index (χ3v) is 4.68. The molecule has 1 heterocycles. The highest BCUT2D eigenvalue weighted by Gasteiger charge is 2.18. The van der Waals surface area contributed by atoms with Crippen LogP contribution in [-0.2, 0) is 11.3 Å². The first kappa shape index (κ1) is 20.1. The van der Waals surface area contributed by atoms with Gasteiger partial charge in [0.1, 0.15) is 18.1 Å². The van der Waals surface area contributed by atoms with Crippen LogP contribution < -0.4 is 5.32 Å². The van der Waals surface area contributed by atoms with Crippen LogP contribution in [0.1, 0.15) is 32.2 Å². The zero-order valence-electron chi connectivity index (χ0n) is 16.9. The summed E-state index contributed by atoms with van der Waals surface area (Å²) in [4.78, 5) is 29.6. The summed E-state index contributed by atoms with van der Waals surface area (Å²) in [7, 11) is 0. The van der Waals surface area contributed by atoms with Gasteiger partial charge in [0.15, 0.2) is 0 Å². The van der Waals surface area contributed by atoms with Crippen molar-refractivity contribution in [1.29, 1.82) is 0 Å². The fourth-order valence-electron chi connectivity index (χ4n) is 3.03. The van der Waals surface area contributed by atoms with E-state index in [1.165, 1.54) is 0 Å². The minimum atomic E-state index is -0.562. The molecule has 0 bridgehead atoms. The van der Waals surface area contributed by atoms with Gasteiger partial charge in [-0.1, -0.05) is 48.5 Å². The van der Waals surface area contributed by atoms with Gasteiger partial charge in [0.25, 0.3) is 5.91 Å². The normalized spacial score (nSPS) is 10.5. The van der Waals surface area contributed by atoms with Gasteiger partial charge in [0.05, 0.1) is 11.3 Å². The monoisotopic (exact) mass is 412 g/mol. The lowest BCUT2D eigenvalue weighted by molar-refractivity contribution is 0.0468. The van der Waals surface area contributed by atoms with E-state index in [1.807, 2.05) is 36.4 Å². The summed E-state index contributed by atoms with van der Waals surface area (Å²) in [6, 6.07) is 25.0. The van der Waals surface area contributed by atoms with Crippen LogP contribution in [0.5, 0.6) is 0 Å². The molecule has 4 rings (SSSR count). The maximum Gasteiger partial charge on any atom is 0.340 e. The lowest BCUT2D eigenvalue weighted by atomic mass is 10.1. The van der Waals surface area contributed by atoms with Gasteiger partial charge in [0, 0.05) is 11.1 Å². The van der Waals surface area contributed by atoms with E-state index in [0.717, 1.165) is 5.56 Å². The molecule has 1 amide bonds. The number of amides is 1. The minimum absolute atomic E-state index is 0.0397. The predicted molar refractivity (Wildman–Crippen MR) is 117 cm³/mol. The largest absolute Gasteiger partial charge is 0.455 e. The SMILES string of the molecule is Cc1oc(-c2ccccc2)nc1COC(=O)c1ccccc1NC(=O)c1ccccc1. The molecule has 31 heavy (non-hydrogen) atoms. The van der Waals surface area contributed by atoms with Gasteiger partial charge in [-0.15, -0.1) is 0 Å². The number of nitrogens with zero attached hydrogens (tertiary/aromatic N) is 1. The predicted octanol–water partition coefficient (Wildman–Crippen LogP) is 5.26. The number of esters is 1. The minimum Gasteiger partial charge on any atom is -0.455 e. The highest BCUT2D eigenvalue weighted by Crippen LogP contribution is 2.23. The molecule has 0 unspecified atom stereocenters. The molecule has 0 radical (unpaired) electrons. The van der Waals surface area contributed by atoms with E-state index < -0.39 is 5.97 Å². The molecule has 0 saturated heterocycles. The molecule has 0 fully saturated rings. The van der Waals surface area contributed by atoms with Crippen molar-refractivity contribution < 1.29 is 18.7 Å². The Kier molecular flexibility index (Phi) is 5.89. The van der Waals surface area contributed by atoms with Crippen LogP contribution in [-0.4, -0.2) is 16.9 Å². The third-order valence-electron chi connectivity index (χ3n) is 4.68. The van der Waals surface area contributed by atoms with Gasteiger partial charge in [-0.05, 0) is 43.3 Å². The smallest absolute Gasteiger partial charge is 0.340 e. The lowest BCUT2D eigenvalue weighted by Gasteiger charge is -2.10. The Hall–Kier alpha value is -4.19. The van der Waals surface area contributed by atoms with Gasteiger partial charge in [-0.2, -0.15) is 0 Å². The number of rotatable bonds is 6. The fourth-order valence-corrected chi connectivity index (χ4v) is 3.03. The number of oxazole rings is 1. The number of hydrogen-bond acceptors (Lipinski definition) is 5. The van der Waals surface area contributed by atoms with E-state index in [1.54, 1.807) is 55.5 Å². The van der Waals surface area contributed by atoms with E-state index in [9.17, 15) is 9.59 Å². The number of aryl methyl sites for hydroxylation is 1. The van der Waals surface area contributed by atoms with Crippen molar-refractivity contribution in [3.8, 4) is 11.5 Å². The summed E-state index contributed by atoms with van der Waals surface area (Å²) in [5, 5.41) is 2.77. The highest BCUT2D eigenvalue weighted by molar-refractivity contribution is 6.07. The topological polar surface area (TPSA) is 81.4 Å². The average molecular weight is 412 g/mol. The van der Waals surface area contributed by atoms with Gasteiger partial charge in [-0.3, -0.25) is 4.79 Å². The summed E-state index contributed by atoms with van der Waals surface area (Å²) in [6.45, 7) is 1.73. The number of carbonyl (C=O) groups is 2. The molecule has 0 spiro atoms. The van der Waals surface area contributed by atoms with Crippen LogP contribution in [0.3, 0.4) is 0 Å². The van der Waals surface area contributed by atoms with Crippen molar-refractivity contribution >= 4 is 17.6 Å². The zero-order valence-corrected chi connectivity index (χ0v) is 16.9. The van der Waals surface area contributed by atoms with Crippen LogP contribution in [0, 0.1) is 6.92 Å². The van der Waals surface area contributed by atoms with Crippen LogP contribution in [0.4, 0.5) is 5.69 Å². The van der Waals surface area contributed by atoms with Gasteiger partial charge in [0.2, 0.25) is 5.89 Å². The number of carbonyl (C=O) groups excluding carboxylic acids is 2. The van der Waals surface area contributed by atoms with Crippen molar-refractivity contribution in [2.24, 2.45) is 0 Å². The number of hydrogen-bond donors (Lipinski definition) is 1. The zero-order chi connectivity index (χ0) is 21.6. The second-order valence-electron chi connectivity index (χ2n) is 6.83. The number of benzene rings is 3. The molecule has 6 nitrogen and oxygen atoms in total. The molecule has 6 heteroatoms. The number of nitrogens with one attached hydrogen (secondary N) is 1. The average Bonchev–Trinajstić information content (AvgIpc) is 3.19. The molecular formula is C25H20N2O4. The fraction of sp³-hybridized carbons (Fsp3) is 0.0800. The Morgan fingerprint density at radius 3 is 2.29 bits per heavy atom. The lowest BCUT2D eigenvalue weighted by Crippen LogP contribution is -2.16. The van der Waals surface area contributed by atoms with Gasteiger partial charge in [-0.25, -0.2) is 9.78 Å². The second-order valence-corrected chi connectivity index (χ2v) is 6.83. The highest BCUT2D eigenvalue weighted by atomic mass is 16.5. The molecule has 0 aliphatic carbocycles. The van der Waals surface area contributed by atoms with Crippen molar-refractivity contribution in [3.63, 3.8) is 0 Å². The molecule has 0 aliphatic rings. The van der Waals surface area contributed by atoms with E-state index >= 15 is 0 Å². The maximum absolute atomic E-state index is 12.7. The van der Waals surface area contributed by atoms with Crippen LogP contribution in [0.2, 0.25) is 0 Å². The Balaban J connectivity index is 1.46. The summed E-state index contributed by atoms with van der Waals surface area (Å²) in [5.74, 6) is 0.185. The summed E-state index contributed by atoms with van der Waals surface area (Å²) in [6.07, 6.45) is 0. The molecule has 154 valence electrons. The molecule has 3 aromatic carbocycles. The van der Waals surface area contributed by atoms with Crippen molar-refractivity contribution in [3.05, 3.63) is 108 Å². The van der Waals surface area contributed by atoms with Crippen LogP contribution in [0.15, 0.2) is 89.3 Å². The first-order valence-corrected chi connectivity index (χ1v) is 9.76. The van der Waals surface area contributed by atoms with E-state index in [2.05, 4.69) is 10.3 Å². The van der Waals surface area contributed by atoms with Gasteiger partial charge < -0.3 is 14.5 Å². The standard InChI is InChI=1S/C25H20N2O4/c1-17-22(27-24(31-17)19-12-6-3-7-13-19)16-30-25(29)20-14-8-9-15-21(20)26-23(28)18-10-4-2-5-11-18/h2-15H,16H2,1H3,(H,26,28). The maximum atomic E-state index is 12.7. The molecule has 0 aliphatic heterocycles. The molecule has 1 aromatic heterocycles. The first-order valence-electron chi connectivity index (χ1n) is 9.76. The summed E-state index contributed by atoms with van der Waals surface area (Å²) in [5.41, 5.74) is 2.52. The molecular weight excluding hydrogens is 392 g/mol. The number of para-hydroxylation sites is 1. The molecule has 1 N–H and O–H groups in total. The second kappa shape index (κ2) is 9.09. The summed E-state index contributed by atoms with van der Waals surface area (Å²) >= 11 is 0. The Labute approximate surface area is 179 Å². The quantitative estimate of drug-likeness (QED) is 0.437. The third kappa shape index (κ3) is 4.70. The van der Waals surface area contributed by atoms with Crippen LogP contribution in [0.25, 0.3) is 11.5 Å². The Morgan fingerprint density at radius 2 is 1.55 bits per heavy atom. The van der Waals surface area contributed by atoms with Crippen molar-refractivity contribution in [2.75, 3.05) is 5.32 Å². The number of ether oxygens (including phenoxy) is 1. The molecule has 0 saturated carbocycles. The number of aromatic nitrogens is 1.